The van der Waals surface area contributed by atoms with Gasteiger partial charge in [-0.05, 0) is 29.7 Å². The number of hydrogen-bond acceptors (Lipinski definition) is 2. The van der Waals surface area contributed by atoms with Crippen LogP contribution in [-0.4, -0.2) is 12.5 Å². The van der Waals surface area contributed by atoms with Crippen molar-refractivity contribution in [1.82, 2.24) is 5.32 Å². The molecule has 0 atom stereocenters. The quantitative estimate of drug-likeness (QED) is 0.892. The van der Waals surface area contributed by atoms with Gasteiger partial charge in [0.25, 0.3) is 0 Å². The number of carbonyl (C=O) groups is 1. The van der Waals surface area contributed by atoms with E-state index in [4.69, 9.17) is 5.73 Å². The van der Waals surface area contributed by atoms with Crippen LogP contribution in [0.2, 0.25) is 0 Å². The summed E-state index contributed by atoms with van der Waals surface area (Å²) >= 11 is 0. The number of rotatable bonds is 5. The second-order valence-corrected chi connectivity index (χ2v) is 4.89. The molecule has 3 nitrogen and oxygen atoms in total. The van der Waals surface area contributed by atoms with E-state index in [2.05, 4.69) is 48.6 Å². The van der Waals surface area contributed by atoms with Crippen molar-refractivity contribution >= 4 is 18.3 Å². The van der Waals surface area contributed by atoms with E-state index in [9.17, 15) is 4.79 Å². The van der Waals surface area contributed by atoms with Gasteiger partial charge in [-0.3, -0.25) is 4.79 Å². The number of hydrogen-bond donors (Lipinski definition) is 2. The molecule has 3 N–H and O–H groups in total. The van der Waals surface area contributed by atoms with Gasteiger partial charge in [0.05, 0.1) is 0 Å². The Kier molecular flexibility index (Phi) is 6.92. The smallest absolute Gasteiger partial charge is 0.221 e. The van der Waals surface area contributed by atoms with Crippen LogP contribution in [0.25, 0.3) is 11.1 Å². The largest absolute Gasteiger partial charge is 0.352 e. The van der Waals surface area contributed by atoms with Gasteiger partial charge in [0.1, 0.15) is 0 Å². The lowest BCUT2D eigenvalue weighted by Gasteiger charge is -2.08. The Morgan fingerprint density at radius 2 is 1.76 bits per heavy atom. The molecule has 0 bridgehead atoms. The lowest BCUT2D eigenvalue weighted by Crippen LogP contribution is -2.24. The van der Waals surface area contributed by atoms with Crippen LogP contribution < -0.4 is 11.1 Å². The summed E-state index contributed by atoms with van der Waals surface area (Å²) in [6.07, 6.45) is 0.373. The molecule has 0 saturated carbocycles. The highest BCUT2D eigenvalue weighted by molar-refractivity contribution is 5.85. The van der Waals surface area contributed by atoms with Crippen molar-refractivity contribution in [3.05, 3.63) is 59.7 Å². The Hall–Kier alpha value is -1.84. The third-order valence-corrected chi connectivity index (χ3v) is 3.14. The molecule has 2 aromatic rings. The molecule has 1 amide bonds. The molecule has 2 rings (SSSR count). The molecule has 0 aromatic heterocycles. The molecule has 0 aliphatic carbocycles. The minimum absolute atomic E-state index is 0. The zero-order valence-corrected chi connectivity index (χ0v) is 13.0. The van der Waals surface area contributed by atoms with Gasteiger partial charge in [0, 0.05) is 19.5 Å². The lowest BCUT2D eigenvalue weighted by atomic mass is 10.0. The van der Waals surface area contributed by atoms with Gasteiger partial charge in [-0.25, -0.2) is 0 Å². The van der Waals surface area contributed by atoms with Crippen molar-refractivity contribution in [2.24, 2.45) is 5.73 Å². The van der Waals surface area contributed by atoms with E-state index < -0.39 is 0 Å². The van der Waals surface area contributed by atoms with Gasteiger partial charge >= 0.3 is 0 Å². The molecule has 21 heavy (non-hydrogen) atoms. The van der Waals surface area contributed by atoms with Crippen molar-refractivity contribution in [3.63, 3.8) is 0 Å². The number of nitrogens with two attached hydrogens (primary N) is 1. The maximum absolute atomic E-state index is 11.4. The highest BCUT2D eigenvalue weighted by atomic mass is 35.5. The second kappa shape index (κ2) is 8.45. The molecular formula is C17H21ClN2O. The predicted molar refractivity (Wildman–Crippen MR) is 89.4 cm³/mol. The number of carbonyl (C=O) groups excluding carboxylic acids is 1. The topological polar surface area (TPSA) is 55.1 Å². The monoisotopic (exact) mass is 304 g/mol. The summed E-state index contributed by atoms with van der Waals surface area (Å²) in [4.78, 5) is 11.4. The standard InChI is InChI=1S/C17H20N2O.ClH/c1-13-4-2-6-15(10-13)16-7-3-5-14(11-16)12-19-17(20)8-9-18;/h2-7,10-11H,8-9,12,18H2,1H3,(H,19,20);1H. The summed E-state index contributed by atoms with van der Waals surface area (Å²) in [6.45, 7) is 3.01. The number of aryl methyl sites for hydroxylation is 1. The fourth-order valence-corrected chi connectivity index (χ4v) is 2.11. The van der Waals surface area contributed by atoms with Gasteiger partial charge in [0.2, 0.25) is 5.91 Å². The highest BCUT2D eigenvalue weighted by Crippen LogP contribution is 2.21. The zero-order chi connectivity index (χ0) is 14.4. The van der Waals surface area contributed by atoms with E-state index in [1.165, 1.54) is 16.7 Å². The molecule has 0 fully saturated rings. The van der Waals surface area contributed by atoms with Crippen molar-refractivity contribution in [2.45, 2.75) is 19.9 Å². The highest BCUT2D eigenvalue weighted by Gasteiger charge is 2.02. The van der Waals surface area contributed by atoms with Crippen LogP contribution in [0.3, 0.4) is 0 Å². The van der Waals surface area contributed by atoms with Crippen molar-refractivity contribution in [1.29, 1.82) is 0 Å². The molecule has 0 aliphatic rings. The molecular weight excluding hydrogens is 284 g/mol. The molecule has 0 aliphatic heterocycles. The van der Waals surface area contributed by atoms with Crippen LogP contribution in [-0.2, 0) is 11.3 Å². The van der Waals surface area contributed by atoms with Crippen LogP contribution >= 0.6 is 12.4 Å². The molecule has 0 unspecified atom stereocenters. The van der Waals surface area contributed by atoms with E-state index in [0.717, 1.165) is 5.56 Å². The van der Waals surface area contributed by atoms with Gasteiger partial charge in [0.15, 0.2) is 0 Å². The van der Waals surface area contributed by atoms with Gasteiger partial charge < -0.3 is 11.1 Å². The van der Waals surface area contributed by atoms with Crippen molar-refractivity contribution in [3.8, 4) is 11.1 Å². The van der Waals surface area contributed by atoms with E-state index in [1.807, 2.05) is 12.1 Å². The van der Waals surface area contributed by atoms with Crippen molar-refractivity contribution in [2.75, 3.05) is 6.54 Å². The van der Waals surface area contributed by atoms with E-state index in [-0.39, 0.29) is 18.3 Å². The fourth-order valence-electron chi connectivity index (χ4n) is 2.11. The zero-order valence-electron chi connectivity index (χ0n) is 12.1. The normalized spacial score (nSPS) is 9.81. The van der Waals surface area contributed by atoms with Gasteiger partial charge in [-0.1, -0.05) is 48.0 Å². The minimum Gasteiger partial charge on any atom is -0.352 e. The van der Waals surface area contributed by atoms with Crippen LogP contribution in [0.4, 0.5) is 0 Å². The van der Waals surface area contributed by atoms with E-state index >= 15 is 0 Å². The minimum atomic E-state index is -0.00606. The summed E-state index contributed by atoms with van der Waals surface area (Å²) < 4.78 is 0. The molecule has 4 heteroatoms. The van der Waals surface area contributed by atoms with Gasteiger partial charge in [-0.15, -0.1) is 12.4 Å². The first-order valence-corrected chi connectivity index (χ1v) is 6.82. The van der Waals surface area contributed by atoms with E-state index in [1.54, 1.807) is 0 Å². The van der Waals surface area contributed by atoms with Crippen LogP contribution in [0.5, 0.6) is 0 Å². The molecule has 112 valence electrons. The first-order chi connectivity index (χ1) is 9.69. The number of nitrogens with one attached hydrogen (secondary N) is 1. The number of benzene rings is 2. The second-order valence-electron chi connectivity index (χ2n) is 4.89. The third-order valence-electron chi connectivity index (χ3n) is 3.14. The lowest BCUT2D eigenvalue weighted by molar-refractivity contribution is -0.121. The average molecular weight is 305 g/mol. The third kappa shape index (κ3) is 5.21. The van der Waals surface area contributed by atoms with Crippen molar-refractivity contribution < 1.29 is 4.79 Å². The molecule has 2 aromatic carbocycles. The Balaban J connectivity index is 0.00000220. The average Bonchev–Trinajstić information content (AvgIpc) is 2.46. The summed E-state index contributed by atoms with van der Waals surface area (Å²) in [7, 11) is 0. The summed E-state index contributed by atoms with van der Waals surface area (Å²) in [6, 6.07) is 16.6. The summed E-state index contributed by atoms with van der Waals surface area (Å²) in [5.41, 5.74) is 10.0. The summed E-state index contributed by atoms with van der Waals surface area (Å²) in [5, 5.41) is 2.87. The molecule has 0 heterocycles. The van der Waals surface area contributed by atoms with E-state index in [0.29, 0.717) is 19.5 Å². The molecule has 0 radical (unpaired) electrons. The molecule has 0 spiro atoms. The maximum atomic E-state index is 11.4. The maximum Gasteiger partial charge on any atom is 0.221 e. The van der Waals surface area contributed by atoms with Gasteiger partial charge in [-0.2, -0.15) is 0 Å². The molecule has 0 saturated heterocycles. The SMILES string of the molecule is Cc1cccc(-c2cccc(CNC(=O)CCN)c2)c1.Cl. The summed E-state index contributed by atoms with van der Waals surface area (Å²) in [5.74, 6) is -0.00606. The number of amides is 1. The Labute approximate surface area is 132 Å². The van der Waals surface area contributed by atoms with Crippen LogP contribution in [0.1, 0.15) is 17.5 Å². The van der Waals surface area contributed by atoms with Crippen LogP contribution in [0, 0.1) is 6.92 Å². The fraction of sp³-hybridized carbons (Fsp3) is 0.235. The first kappa shape index (κ1) is 17.2. The first-order valence-electron chi connectivity index (χ1n) is 6.82. The predicted octanol–water partition coefficient (Wildman–Crippen LogP) is 3.05. The number of halogens is 1. The Morgan fingerprint density at radius 3 is 2.43 bits per heavy atom. The van der Waals surface area contributed by atoms with Crippen LogP contribution in [0.15, 0.2) is 48.5 Å². The Bertz CT molecular complexity index is 599. The Morgan fingerprint density at radius 1 is 1.10 bits per heavy atom.